The largest absolute Gasteiger partial charge is 0.362 e. The van der Waals surface area contributed by atoms with Gasteiger partial charge in [0, 0.05) is 6.54 Å². The van der Waals surface area contributed by atoms with Crippen LogP contribution in [0.5, 0.6) is 0 Å². The van der Waals surface area contributed by atoms with Crippen LogP contribution in [0.3, 0.4) is 0 Å². The van der Waals surface area contributed by atoms with Gasteiger partial charge in [0.15, 0.2) is 0 Å². The molecule has 0 heterocycles. The predicted molar refractivity (Wildman–Crippen MR) is 90.1 cm³/mol. The Labute approximate surface area is 141 Å². The number of carbonyl (C=O) groups excluding carboxylic acids is 2. The third-order valence-electron chi connectivity index (χ3n) is 2.98. The summed E-state index contributed by atoms with van der Waals surface area (Å²) in [4.78, 5) is 24.1. The number of amides is 2. The first-order valence-electron chi connectivity index (χ1n) is 7.66. The van der Waals surface area contributed by atoms with E-state index in [-0.39, 0.29) is 26.3 Å². The van der Waals surface area contributed by atoms with Crippen LogP contribution in [-0.2, 0) is 29.7 Å². The van der Waals surface area contributed by atoms with Crippen LogP contribution in [0.15, 0.2) is 30.3 Å². The summed E-state index contributed by atoms with van der Waals surface area (Å²) in [5.74, 6) is -2.75. The van der Waals surface area contributed by atoms with Crippen LogP contribution in [0, 0.1) is 0 Å². The Bertz CT molecular complexity index is 572. The van der Waals surface area contributed by atoms with Gasteiger partial charge in [-0.3, -0.25) is 14.2 Å². The molecule has 1 rings (SSSR count). The van der Waals surface area contributed by atoms with Crippen LogP contribution in [-0.4, -0.2) is 37.4 Å². The quantitative estimate of drug-likeness (QED) is 0.537. The van der Waals surface area contributed by atoms with Crippen LogP contribution in [0.4, 0.5) is 0 Å². The molecule has 4 N–H and O–H groups in total. The molecule has 1 atom stereocenters. The molecule has 1 unspecified atom stereocenters. The highest BCUT2D eigenvalue weighted by molar-refractivity contribution is 7.55. The maximum absolute atomic E-state index is 12.9. The van der Waals surface area contributed by atoms with Gasteiger partial charge in [-0.05, 0) is 19.4 Å². The fourth-order valence-electron chi connectivity index (χ4n) is 1.93. The highest BCUT2D eigenvalue weighted by Gasteiger charge is 2.42. The second kappa shape index (κ2) is 10.2. The molecule has 0 spiro atoms. The molecule has 0 aliphatic rings. The number of nitrogens with one attached hydrogen (secondary N) is 2. The number of hydrogen-bond donors (Lipinski definition) is 3. The number of nitrogens with two attached hydrogens (primary N) is 1. The zero-order valence-corrected chi connectivity index (χ0v) is 14.8. The van der Waals surface area contributed by atoms with Crippen molar-refractivity contribution in [3.8, 4) is 0 Å². The van der Waals surface area contributed by atoms with E-state index in [0.29, 0.717) is 0 Å². The SMILES string of the molecule is CCOP(=O)(OCC)C(NC(=O)CN)C(=O)NCc1ccccc1. The van der Waals surface area contributed by atoms with E-state index in [4.69, 9.17) is 14.8 Å². The molecule has 2 amide bonds. The standard InChI is InChI=1S/C15H24N3O5P/c1-3-22-24(21,23-4-2)15(18-13(19)10-16)14(20)17-11-12-8-6-5-7-9-12/h5-9,15H,3-4,10-11,16H2,1-2H3,(H,17,20)(H,18,19). The van der Waals surface area contributed by atoms with E-state index in [1.54, 1.807) is 13.8 Å². The molecule has 0 aromatic heterocycles. The lowest BCUT2D eigenvalue weighted by molar-refractivity contribution is -0.127. The molecule has 1 aromatic rings. The molecular formula is C15H24N3O5P. The van der Waals surface area contributed by atoms with Crippen molar-refractivity contribution in [1.82, 2.24) is 10.6 Å². The van der Waals surface area contributed by atoms with Crippen molar-refractivity contribution in [2.45, 2.75) is 26.2 Å². The van der Waals surface area contributed by atoms with E-state index < -0.39 is 25.2 Å². The van der Waals surface area contributed by atoms with Crippen molar-refractivity contribution in [2.24, 2.45) is 5.73 Å². The summed E-state index contributed by atoms with van der Waals surface area (Å²) in [5.41, 5.74) is 6.12. The Morgan fingerprint density at radius 1 is 1.17 bits per heavy atom. The number of carbonyl (C=O) groups is 2. The highest BCUT2D eigenvalue weighted by Crippen LogP contribution is 2.52. The van der Waals surface area contributed by atoms with E-state index in [0.717, 1.165) is 5.56 Å². The Morgan fingerprint density at radius 2 is 1.75 bits per heavy atom. The average molecular weight is 357 g/mol. The minimum Gasteiger partial charge on any atom is -0.350 e. The van der Waals surface area contributed by atoms with Gasteiger partial charge in [0.1, 0.15) is 0 Å². The molecule has 0 saturated heterocycles. The zero-order valence-electron chi connectivity index (χ0n) is 13.9. The minimum absolute atomic E-state index is 0.0677. The van der Waals surface area contributed by atoms with Gasteiger partial charge >= 0.3 is 7.60 Å². The van der Waals surface area contributed by atoms with Crippen molar-refractivity contribution >= 4 is 19.4 Å². The summed E-state index contributed by atoms with van der Waals surface area (Å²) in [7, 11) is -3.87. The second-order valence-corrected chi connectivity index (χ2v) is 6.87. The summed E-state index contributed by atoms with van der Waals surface area (Å²) < 4.78 is 23.2. The molecule has 1 aromatic carbocycles. The Morgan fingerprint density at radius 3 is 2.25 bits per heavy atom. The third-order valence-corrected chi connectivity index (χ3v) is 5.21. The maximum Gasteiger partial charge on any atom is 0.362 e. The topological polar surface area (TPSA) is 120 Å². The predicted octanol–water partition coefficient (Wildman–Crippen LogP) is 0.970. The third kappa shape index (κ3) is 6.05. The highest BCUT2D eigenvalue weighted by atomic mass is 31.2. The Balaban J connectivity index is 2.92. The molecule has 0 saturated carbocycles. The fraction of sp³-hybridized carbons (Fsp3) is 0.467. The first-order valence-corrected chi connectivity index (χ1v) is 9.27. The maximum atomic E-state index is 12.9. The van der Waals surface area contributed by atoms with Gasteiger partial charge in [0.25, 0.3) is 5.91 Å². The number of rotatable bonds is 10. The summed E-state index contributed by atoms with van der Waals surface area (Å²) in [6.07, 6.45) is 0. The van der Waals surface area contributed by atoms with Crippen LogP contribution < -0.4 is 16.4 Å². The van der Waals surface area contributed by atoms with Gasteiger partial charge in [0.2, 0.25) is 11.7 Å². The second-order valence-electron chi connectivity index (χ2n) is 4.75. The molecule has 0 bridgehead atoms. The van der Waals surface area contributed by atoms with E-state index >= 15 is 0 Å². The van der Waals surface area contributed by atoms with Gasteiger partial charge in [-0.2, -0.15) is 0 Å². The van der Waals surface area contributed by atoms with Crippen molar-refractivity contribution < 1.29 is 23.2 Å². The van der Waals surface area contributed by atoms with E-state index in [2.05, 4.69) is 10.6 Å². The van der Waals surface area contributed by atoms with Gasteiger partial charge in [-0.25, -0.2) is 0 Å². The average Bonchev–Trinajstić information content (AvgIpc) is 2.58. The van der Waals surface area contributed by atoms with Crippen LogP contribution in [0.25, 0.3) is 0 Å². The van der Waals surface area contributed by atoms with E-state index in [1.165, 1.54) is 0 Å². The zero-order chi connectivity index (χ0) is 18.0. The summed E-state index contributed by atoms with van der Waals surface area (Å²) in [6, 6.07) is 9.19. The first kappa shape index (κ1) is 20.3. The summed E-state index contributed by atoms with van der Waals surface area (Å²) in [6.45, 7) is 3.24. The van der Waals surface area contributed by atoms with Crippen molar-refractivity contribution in [2.75, 3.05) is 19.8 Å². The normalized spacial score (nSPS) is 12.5. The lowest BCUT2D eigenvalue weighted by Crippen LogP contribution is -2.48. The number of hydrogen-bond acceptors (Lipinski definition) is 6. The molecular weight excluding hydrogens is 333 g/mol. The summed E-state index contributed by atoms with van der Waals surface area (Å²) >= 11 is 0. The van der Waals surface area contributed by atoms with Crippen molar-refractivity contribution in [1.29, 1.82) is 0 Å². The smallest absolute Gasteiger partial charge is 0.350 e. The van der Waals surface area contributed by atoms with Crippen LogP contribution in [0.1, 0.15) is 19.4 Å². The van der Waals surface area contributed by atoms with E-state index in [9.17, 15) is 14.2 Å². The molecule has 0 aliphatic heterocycles. The molecule has 9 heteroatoms. The van der Waals surface area contributed by atoms with Gasteiger partial charge in [0.05, 0.1) is 19.8 Å². The monoisotopic (exact) mass is 357 g/mol. The molecule has 8 nitrogen and oxygen atoms in total. The van der Waals surface area contributed by atoms with Crippen LogP contribution >= 0.6 is 7.60 Å². The lowest BCUT2D eigenvalue weighted by Gasteiger charge is -2.26. The first-order chi connectivity index (χ1) is 11.5. The summed E-state index contributed by atoms with van der Waals surface area (Å²) in [5, 5.41) is 4.95. The van der Waals surface area contributed by atoms with Crippen LogP contribution in [0.2, 0.25) is 0 Å². The van der Waals surface area contributed by atoms with Gasteiger partial charge in [-0.1, -0.05) is 30.3 Å². The molecule has 0 radical (unpaired) electrons. The van der Waals surface area contributed by atoms with E-state index in [1.807, 2.05) is 30.3 Å². The molecule has 24 heavy (non-hydrogen) atoms. The molecule has 0 aliphatic carbocycles. The Hall–Kier alpha value is -1.73. The minimum atomic E-state index is -3.87. The van der Waals surface area contributed by atoms with Crippen molar-refractivity contribution in [3.05, 3.63) is 35.9 Å². The van der Waals surface area contributed by atoms with Gasteiger partial charge < -0.3 is 25.4 Å². The van der Waals surface area contributed by atoms with Crippen molar-refractivity contribution in [3.63, 3.8) is 0 Å². The fourth-order valence-corrected chi connectivity index (χ4v) is 3.70. The number of benzene rings is 1. The Kier molecular flexibility index (Phi) is 8.63. The van der Waals surface area contributed by atoms with Gasteiger partial charge in [-0.15, -0.1) is 0 Å². The lowest BCUT2D eigenvalue weighted by atomic mass is 10.2. The molecule has 0 fully saturated rings. The molecule has 134 valence electrons.